The summed E-state index contributed by atoms with van der Waals surface area (Å²) in [5.41, 5.74) is 0.985. The first-order valence-corrected chi connectivity index (χ1v) is 10.4. The smallest absolute Gasteiger partial charge is 0.407 e. The Kier molecular flexibility index (Phi) is 12.5. The normalized spacial score (nSPS) is 11.1. The van der Waals surface area contributed by atoms with E-state index in [1.165, 1.54) is 0 Å². The van der Waals surface area contributed by atoms with Crippen LogP contribution in [0.4, 0.5) is 10.5 Å². The van der Waals surface area contributed by atoms with Crippen molar-refractivity contribution in [1.29, 1.82) is 0 Å². The second-order valence-corrected chi connectivity index (χ2v) is 7.65. The van der Waals surface area contributed by atoms with Crippen LogP contribution in [-0.2, 0) is 18.9 Å². The van der Waals surface area contributed by atoms with E-state index in [1.807, 2.05) is 12.1 Å². The molecule has 0 radical (unpaired) electrons. The fourth-order valence-electron chi connectivity index (χ4n) is 2.27. The number of alkyl carbamates (subject to hydrolysis) is 1. The van der Waals surface area contributed by atoms with Crippen molar-refractivity contribution in [2.75, 3.05) is 51.4 Å². The van der Waals surface area contributed by atoms with Gasteiger partial charge < -0.3 is 29.6 Å². The molecule has 1 aromatic rings. The SMILES string of the molecule is CCCCNc1ccc(C(=O)OCCOCCOCCNC(=O)OC(C)(C)C)cc1. The van der Waals surface area contributed by atoms with E-state index in [2.05, 4.69) is 17.6 Å². The lowest BCUT2D eigenvalue weighted by Crippen LogP contribution is -2.34. The largest absolute Gasteiger partial charge is 0.460 e. The van der Waals surface area contributed by atoms with Crippen LogP contribution in [0.5, 0.6) is 0 Å². The number of carbonyl (C=O) groups is 2. The van der Waals surface area contributed by atoms with Crippen LogP contribution in [0.25, 0.3) is 0 Å². The molecule has 0 aliphatic rings. The molecule has 8 nitrogen and oxygen atoms in total. The highest BCUT2D eigenvalue weighted by atomic mass is 16.6. The first-order valence-electron chi connectivity index (χ1n) is 10.4. The van der Waals surface area contributed by atoms with Gasteiger partial charge in [0.1, 0.15) is 12.2 Å². The molecule has 0 aromatic heterocycles. The third-order valence-corrected chi connectivity index (χ3v) is 3.73. The molecule has 1 amide bonds. The molecule has 0 saturated carbocycles. The number of amides is 1. The molecule has 2 N–H and O–H groups in total. The molecule has 0 bridgehead atoms. The minimum Gasteiger partial charge on any atom is -0.460 e. The molecule has 1 aromatic carbocycles. The van der Waals surface area contributed by atoms with Crippen LogP contribution in [0.2, 0.25) is 0 Å². The second-order valence-electron chi connectivity index (χ2n) is 7.65. The molecule has 0 unspecified atom stereocenters. The monoisotopic (exact) mass is 424 g/mol. The summed E-state index contributed by atoms with van der Waals surface area (Å²) in [6.45, 7) is 10.4. The van der Waals surface area contributed by atoms with Crippen LogP contribution in [0.15, 0.2) is 24.3 Å². The maximum Gasteiger partial charge on any atom is 0.407 e. The summed E-state index contributed by atoms with van der Waals surface area (Å²) >= 11 is 0. The third kappa shape index (κ3) is 13.0. The molecule has 0 saturated heterocycles. The zero-order valence-electron chi connectivity index (χ0n) is 18.6. The Morgan fingerprint density at radius 3 is 2.17 bits per heavy atom. The molecule has 170 valence electrons. The van der Waals surface area contributed by atoms with Gasteiger partial charge in [0, 0.05) is 18.8 Å². The molecule has 8 heteroatoms. The van der Waals surface area contributed by atoms with E-state index in [0.717, 1.165) is 25.1 Å². The Balaban J connectivity index is 2.01. The van der Waals surface area contributed by atoms with E-state index in [1.54, 1.807) is 32.9 Å². The number of anilines is 1. The predicted octanol–water partition coefficient (Wildman–Crippen LogP) is 3.61. The van der Waals surface area contributed by atoms with Crippen molar-refractivity contribution >= 4 is 17.7 Å². The highest BCUT2D eigenvalue weighted by Gasteiger charge is 2.15. The standard InChI is InChI=1S/C22H36N2O6/c1-5-6-11-23-19-9-7-18(8-10-19)20(25)29-17-16-28-15-14-27-13-12-24-21(26)30-22(2,3)4/h7-10,23H,5-6,11-17H2,1-4H3,(H,24,26). The van der Waals surface area contributed by atoms with E-state index < -0.39 is 11.7 Å². The van der Waals surface area contributed by atoms with Crippen molar-refractivity contribution in [1.82, 2.24) is 5.32 Å². The van der Waals surface area contributed by atoms with Crippen LogP contribution >= 0.6 is 0 Å². The average molecular weight is 425 g/mol. The maximum absolute atomic E-state index is 12.0. The molecular formula is C22H36N2O6. The Hall–Kier alpha value is -2.32. The summed E-state index contributed by atoms with van der Waals surface area (Å²) in [7, 11) is 0. The van der Waals surface area contributed by atoms with Gasteiger partial charge in [-0.3, -0.25) is 0 Å². The molecule has 0 fully saturated rings. The van der Waals surface area contributed by atoms with Gasteiger partial charge in [-0.15, -0.1) is 0 Å². The predicted molar refractivity (Wildman–Crippen MR) is 116 cm³/mol. The highest BCUT2D eigenvalue weighted by Crippen LogP contribution is 2.11. The van der Waals surface area contributed by atoms with Crippen LogP contribution in [0.3, 0.4) is 0 Å². The zero-order valence-corrected chi connectivity index (χ0v) is 18.6. The number of unbranched alkanes of at least 4 members (excludes halogenated alkanes) is 1. The molecule has 0 heterocycles. The van der Waals surface area contributed by atoms with Crippen molar-refractivity contribution in [3.8, 4) is 0 Å². The second kappa shape index (κ2) is 14.6. The van der Waals surface area contributed by atoms with Crippen molar-refractivity contribution in [2.24, 2.45) is 0 Å². The summed E-state index contributed by atoms with van der Waals surface area (Å²) < 4.78 is 21.0. The van der Waals surface area contributed by atoms with E-state index in [-0.39, 0.29) is 12.6 Å². The number of nitrogens with one attached hydrogen (secondary N) is 2. The number of esters is 1. The van der Waals surface area contributed by atoms with Gasteiger partial charge in [0.25, 0.3) is 0 Å². The molecule has 0 atom stereocenters. The summed E-state index contributed by atoms with van der Waals surface area (Å²) in [5.74, 6) is -0.372. The molecule has 30 heavy (non-hydrogen) atoms. The Bertz CT molecular complexity index is 613. The molecule has 0 aliphatic heterocycles. The van der Waals surface area contributed by atoms with E-state index in [9.17, 15) is 9.59 Å². The lowest BCUT2D eigenvalue weighted by Gasteiger charge is -2.19. The summed E-state index contributed by atoms with van der Waals surface area (Å²) in [6, 6.07) is 7.24. The van der Waals surface area contributed by atoms with Crippen molar-refractivity contribution in [3.05, 3.63) is 29.8 Å². The zero-order chi connectivity index (χ0) is 22.2. The first-order chi connectivity index (χ1) is 14.3. The van der Waals surface area contributed by atoms with Crippen LogP contribution in [-0.4, -0.2) is 63.8 Å². The van der Waals surface area contributed by atoms with Crippen molar-refractivity contribution in [2.45, 2.75) is 46.1 Å². The topological polar surface area (TPSA) is 95.1 Å². The third-order valence-electron chi connectivity index (χ3n) is 3.73. The number of ether oxygens (including phenoxy) is 4. The van der Waals surface area contributed by atoms with Gasteiger partial charge in [-0.05, 0) is 51.5 Å². The van der Waals surface area contributed by atoms with Crippen LogP contribution < -0.4 is 10.6 Å². The van der Waals surface area contributed by atoms with Gasteiger partial charge in [-0.1, -0.05) is 13.3 Å². The van der Waals surface area contributed by atoms with Gasteiger partial charge in [0.15, 0.2) is 0 Å². The maximum atomic E-state index is 12.0. The van der Waals surface area contributed by atoms with Gasteiger partial charge in [-0.25, -0.2) is 9.59 Å². The number of benzene rings is 1. The van der Waals surface area contributed by atoms with Gasteiger partial charge in [-0.2, -0.15) is 0 Å². The Morgan fingerprint density at radius 1 is 0.900 bits per heavy atom. The quantitative estimate of drug-likeness (QED) is 0.348. The fraction of sp³-hybridized carbons (Fsp3) is 0.636. The number of carbonyl (C=O) groups excluding carboxylic acids is 2. The molecule has 0 aliphatic carbocycles. The number of rotatable bonds is 14. The van der Waals surface area contributed by atoms with E-state index >= 15 is 0 Å². The Morgan fingerprint density at radius 2 is 1.53 bits per heavy atom. The van der Waals surface area contributed by atoms with Crippen LogP contribution in [0.1, 0.15) is 50.9 Å². The van der Waals surface area contributed by atoms with Crippen molar-refractivity contribution in [3.63, 3.8) is 0 Å². The Labute approximate surface area is 179 Å². The highest BCUT2D eigenvalue weighted by molar-refractivity contribution is 5.89. The molecule has 1 rings (SSSR count). The minimum atomic E-state index is -0.517. The lowest BCUT2D eigenvalue weighted by atomic mass is 10.2. The summed E-state index contributed by atoms with van der Waals surface area (Å²) in [6.07, 6.45) is 1.78. The van der Waals surface area contributed by atoms with Crippen LogP contribution in [0, 0.1) is 0 Å². The summed E-state index contributed by atoms with van der Waals surface area (Å²) in [5, 5.41) is 5.91. The lowest BCUT2D eigenvalue weighted by molar-refractivity contribution is 0.0140. The fourth-order valence-corrected chi connectivity index (χ4v) is 2.27. The first kappa shape index (κ1) is 25.7. The number of hydrogen-bond donors (Lipinski definition) is 2. The van der Waals surface area contributed by atoms with Gasteiger partial charge >= 0.3 is 12.1 Å². The molecule has 0 spiro atoms. The van der Waals surface area contributed by atoms with E-state index in [0.29, 0.717) is 38.5 Å². The van der Waals surface area contributed by atoms with Crippen molar-refractivity contribution < 1.29 is 28.5 Å². The molecular weight excluding hydrogens is 388 g/mol. The van der Waals surface area contributed by atoms with Gasteiger partial charge in [0.2, 0.25) is 0 Å². The average Bonchev–Trinajstić information content (AvgIpc) is 2.68. The minimum absolute atomic E-state index is 0.176. The van der Waals surface area contributed by atoms with Gasteiger partial charge in [0.05, 0.1) is 32.0 Å². The summed E-state index contributed by atoms with van der Waals surface area (Å²) in [4.78, 5) is 23.4. The number of hydrogen-bond acceptors (Lipinski definition) is 7. The van der Waals surface area contributed by atoms with E-state index in [4.69, 9.17) is 18.9 Å².